The van der Waals surface area contributed by atoms with E-state index in [1.165, 1.54) is 0 Å². The van der Waals surface area contributed by atoms with Crippen LogP contribution in [0.3, 0.4) is 0 Å². The van der Waals surface area contributed by atoms with Gasteiger partial charge in [-0.15, -0.1) is 0 Å². The first-order valence-corrected chi connectivity index (χ1v) is 11.3. The van der Waals surface area contributed by atoms with Gasteiger partial charge >= 0.3 is 0 Å². The quantitative estimate of drug-likeness (QED) is 0.222. The fourth-order valence-corrected chi connectivity index (χ4v) is 3.63. The molecule has 8 nitrogen and oxygen atoms in total. The van der Waals surface area contributed by atoms with Gasteiger partial charge in [-0.2, -0.15) is 0 Å². The molecule has 2 amide bonds. The number of amides is 2. The molecular weight excluding hydrogens is 452 g/mol. The summed E-state index contributed by atoms with van der Waals surface area (Å²) in [6.45, 7) is 0. The van der Waals surface area contributed by atoms with Gasteiger partial charge in [-0.3, -0.25) is 20.4 Å². The molecule has 4 N–H and O–H groups in total. The lowest BCUT2D eigenvalue weighted by Gasteiger charge is -2.06. The van der Waals surface area contributed by atoms with Gasteiger partial charge in [0.15, 0.2) is 0 Å². The van der Waals surface area contributed by atoms with Crippen LogP contribution in [0.15, 0.2) is 97.1 Å². The van der Waals surface area contributed by atoms with E-state index in [1.807, 2.05) is 48.5 Å². The highest BCUT2D eigenvalue weighted by molar-refractivity contribution is 6.02. The Balaban J connectivity index is 1.37. The minimum Gasteiger partial charge on any atom is -0.303 e. The summed E-state index contributed by atoms with van der Waals surface area (Å²) in [7, 11) is 0. The highest BCUT2D eigenvalue weighted by Crippen LogP contribution is 2.19. The van der Waals surface area contributed by atoms with Crippen molar-refractivity contribution >= 4 is 46.0 Å². The van der Waals surface area contributed by atoms with Crippen LogP contribution < -0.4 is 32.4 Å². The van der Waals surface area contributed by atoms with Gasteiger partial charge in [0.25, 0.3) is 11.8 Å². The number of nitrogens with one attached hydrogen (secondary N) is 4. The molecule has 0 aliphatic heterocycles. The predicted molar refractivity (Wildman–Crippen MR) is 139 cm³/mol. The molecule has 0 saturated heterocycles. The Labute approximate surface area is 206 Å². The van der Waals surface area contributed by atoms with E-state index in [0.29, 0.717) is 21.8 Å². The molecule has 0 aliphatic rings. The maximum atomic E-state index is 12.2. The van der Waals surface area contributed by atoms with E-state index in [4.69, 9.17) is 9.97 Å². The van der Waals surface area contributed by atoms with Crippen molar-refractivity contribution < 1.29 is 9.59 Å². The molecule has 0 saturated carbocycles. The molecule has 0 fully saturated rings. The van der Waals surface area contributed by atoms with Crippen LogP contribution in [0.5, 0.6) is 0 Å². The monoisotopic (exact) mass is 474 g/mol. The number of aromatic nitrogens is 2. The minimum atomic E-state index is -0.244. The molecule has 0 atom stereocenters. The highest BCUT2D eigenvalue weighted by Gasteiger charge is 2.05. The number of fused-ring (bicyclic) bond motifs is 3. The van der Waals surface area contributed by atoms with Crippen molar-refractivity contribution in [2.45, 2.75) is 0 Å². The maximum absolute atomic E-state index is 12.2. The molecule has 5 aromatic rings. The zero-order chi connectivity index (χ0) is 24.7. The summed E-state index contributed by atoms with van der Waals surface area (Å²) < 4.78 is 0. The first-order valence-electron chi connectivity index (χ1n) is 11.3. The van der Waals surface area contributed by atoms with E-state index in [1.54, 1.807) is 60.9 Å². The SMILES string of the molecule is O=C(NNC=c1ccc2ccc3cc/c(=C\NNC(=O)c4ccccc4)nc3c2n1)c1ccccc1. The first kappa shape index (κ1) is 22.5. The van der Waals surface area contributed by atoms with Gasteiger partial charge in [0.05, 0.1) is 21.7 Å². The molecule has 2 heterocycles. The number of hydrogen-bond acceptors (Lipinski definition) is 6. The van der Waals surface area contributed by atoms with Gasteiger partial charge in [0, 0.05) is 34.3 Å². The Kier molecular flexibility index (Phi) is 6.48. The molecule has 0 bridgehead atoms. The topological polar surface area (TPSA) is 108 Å². The molecule has 5 rings (SSSR count). The van der Waals surface area contributed by atoms with E-state index in [0.717, 1.165) is 21.8 Å². The van der Waals surface area contributed by atoms with Crippen LogP contribution in [0.25, 0.3) is 34.2 Å². The number of hydrazine groups is 2. The first-order chi connectivity index (χ1) is 17.7. The van der Waals surface area contributed by atoms with Crippen molar-refractivity contribution in [1.29, 1.82) is 0 Å². The fraction of sp³-hybridized carbons (Fsp3) is 0. The van der Waals surface area contributed by atoms with E-state index < -0.39 is 0 Å². The van der Waals surface area contributed by atoms with E-state index in [2.05, 4.69) is 21.7 Å². The zero-order valence-corrected chi connectivity index (χ0v) is 19.1. The van der Waals surface area contributed by atoms with Gasteiger partial charge in [-0.1, -0.05) is 60.7 Å². The third-order valence-electron chi connectivity index (χ3n) is 5.45. The summed E-state index contributed by atoms with van der Waals surface area (Å²) in [5.41, 5.74) is 13.5. The highest BCUT2D eigenvalue weighted by atomic mass is 16.2. The molecular formula is C28H22N6O2. The zero-order valence-electron chi connectivity index (χ0n) is 19.1. The number of carbonyl (C=O) groups excluding carboxylic acids is 2. The fourth-order valence-electron chi connectivity index (χ4n) is 3.63. The molecule has 36 heavy (non-hydrogen) atoms. The Morgan fingerprint density at radius 2 is 0.917 bits per heavy atom. The normalized spacial score (nSPS) is 11.9. The molecule has 0 spiro atoms. The average Bonchev–Trinajstić information content (AvgIpc) is 2.93. The van der Waals surface area contributed by atoms with Crippen LogP contribution in [0.4, 0.5) is 0 Å². The third kappa shape index (κ3) is 5.13. The van der Waals surface area contributed by atoms with Gasteiger partial charge in [-0.05, 0) is 36.4 Å². The van der Waals surface area contributed by atoms with Gasteiger partial charge in [0.1, 0.15) is 0 Å². The van der Waals surface area contributed by atoms with Crippen LogP contribution in [0.1, 0.15) is 20.7 Å². The van der Waals surface area contributed by atoms with Crippen LogP contribution in [-0.4, -0.2) is 21.8 Å². The lowest BCUT2D eigenvalue weighted by molar-refractivity contribution is 0.0935. The van der Waals surface area contributed by atoms with E-state index in [9.17, 15) is 9.59 Å². The number of benzene rings is 3. The summed E-state index contributed by atoms with van der Waals surface area (Å²) in [5, 5.41) is 3.13. The van der Waals surface area contributed by atoms with E-state index in [-0.39, 0.29) is 11.8 Å². The predicted octanol–water partition coefficient (Wildman–Crippen LogP) is 2.13. The number of pyridine rings is 2. The van der Waals surface area contributed by atoms with Crippen LogP contribution in [0.2, 0.25) is 0 Å². The number of nitrogens with zero attached hydrogens (tertiary/aromatic N) is 2. The van der Waals surface area contributed by atoms with Crippen LogP contribution in [-0.2, 0) is 0 Å². The van der Waals surface area contributed by atoms with Gasteiger partial charge in [0.2, 0.25) is 0 Å². The Bertz CT molecular complexity index is 1550. The lowest BCUT2D eigenvalue weighted by atomic mass is 10.1. The summed E-state index contributed by atoms with van der Waals surface area (Å²) in [6, 6.07) is 29.5. The van der Waals surface area contributed by atoms with Crippen molar-refractivity contribution in [1.82, 2.24) is 31.7 Å². The van der Waals surface area contributed by atoms with Crippen molar-refractivity contribution in [3.05, 3.63) is 119 Å². The second-order valence-corrected chi connectivity index (χ2v) is 7.90. The number of rotatable bonds is 6. The van der Waals surface area contributed by atoms with Crippen molar-refractivity contribution in [3.63, 3.8) is 0 Å². The molecule has 0 radical (unpaired) electrons. The van der Waals surface area contributed by atoms with Gasteiger partial charge < -0.3 is 10.9 Å². The van der Waals surface area contributed by atoms with Crippen molar-refractivity contribution in [3.8, 4) is 0 Å². The average molecular weight is 475 g/mol. The summed E-state index contributed by atoms with van der Waals surface area (Å²) >= 11 is 0. The number of carbonyl (C=O) groups is 2. The van der Waals surface area contributed by atoms with Crippen LogP contribution in [0, 0.1) is 0 Å². The summed E-state index contributed by atoms with van der Waals surface area (Å²) in [5.74, 6) is -0.487. The van der Waals surface area contributed by atoms with Gasteiger partial charge in [-0.25, -0.2) is 9.97 Å². The Morgan fingerprint density at radius 1 is 0.528 bits per heavy atom. The molecule has 0 aliphatic carbocycles. The Hall–Kier alpha value is -5.24. The Morgan fingerprint density at radius 3 is 1.33 bits per heavy atom. The maximum Gasteiger partial charge on any atom is 0.269 e. The summed E-state index contributed by atoms with van der Waals surface area (Å²) in [4.78, 5) is 33.9. The third-order valence-corrected chi connectivity index (χ3v) is 5.45. The number of hydrogen-bond donors (Lipinski definition) is 4. The minimum absolute atomic E-state index is 0.244. The molecule has 8 heteroatoms. The second-order valence-electron chi connectivity index (χ2n) is 7.90. The second kappa shape index (κ2) is 10.4. The van der Waals surface area contributed by atoms with Crippen LogP contribution >= 0.6 is 0 Å². The van der Waals surface area contributed by atoms with E-state index >= 15 is 0 Å². The lowest BCUT2D eigenvalue weighted by Crippen LogP contribution is -2.35. The summed E-state index contributed by atoms with van der Waals surface area (Å²) in [6.07, 6.45) is 3.24. The smallest absolute Gasteiger partial charge is 0.269 e. The molecule has 0 unspecified atom stereocenters. The van der Waals surface area contributed by atoms with Crippen molar-refractivity contribution in [2.24, 2.45) is 0 Å². The standard InChI is InChI=1S/C28H22N6O2/c35-27(21-7-3-1-4-8-21)33-29-17-23-15-13-19-11-12-20-14-16-24(32-26(20)25(19)31-23)18-30-34-28(36)22-9-5-2-6-10-22/h1-18,29-30H,(H,33,35)(H,34,36)/b23-17+,24-18?. The largest absolute Gasteiger partial charge is 0.303 e. The van der Waals surface area contributed by atoms with Crippen molar-refractivity contribution in [2.75, 3.05) is 0 Å². The molecule has 3 aromatic carbocycles. The molecule has 2 aromatic heterocycles. The molecule has 176 valence electrons.